The maximum absolute atomic E-state index is 12.1. The van der Waals surface area contributed by atoms with Crippen molar-refractivity contribution in [1.29, 1.82) is 5.41 Å². The van der Waals surface area contributed by atoms with Gasteiger partial charge in [-0.3, -0.25) is 10.2 Å². The molecule has 0 spiro atoms. The molecule has 1 heterocycles. The van der Waals surface area contributed by atoms with E-state index >= 15 is 0 Å². The summed E-state index contributed by atoms with van der Waals surface area (Å²) in [7, 11) is 0. The third-order valence-electron chi connectivity index (χ3n) is 5.09. The van der Waals surface area contributed by atoms with Crippen LogP contribution in [0.4, 0.5) is 11.4 Å². The van der Waals surface area contributed by atoms with E-state index in [0.717, 1.165) is 49.4 Å². The second-order valence-corrected chi connectivity index (χ2v) is 7.40. The van der Waals surface area contributed by atoms with Gasteiger partial charge in [-0.25, -0.2) is 0 Å². The van der Waals surface area contributed by atoms with Gasteiger partial charge in [-0.1, -0.05) is 25.5 Å². The topological polar surface area (TPSA) is 91.4 Å². The van der Waals surface area contributed by atoms with E-state index in [1.54, 1.807) is 12.1 Å². The number of nitrogen functional groups attached to an aromatic ring is 1. The van der Waals surface area contributed by atoms with Crippen LogP contribution in [0.5, 0.6) is 5.75 Å². The monoisotopic (exact) mass is 394 g/mol. The third-order valence-corrected chi connectivity index (χ3v) is 5.09. The molecular formula is C23H30N4O2. The lowest BCUT2D eigenvalue weighted by atomic mass is 10.1. The zero-order chi connectivity index (χ0) is 20.6. The first-order valence-electron chi connectivity index (χ1n) is 10.3. The maximum atomic E-state index is 12.1. The van der Waals surface area contributed by atoms with Gasteiger partial charge in [0.2, 0.25) is 5.91 Å². The highest BCUT2D eigenvalue weighted by atomic mass is 16.5. The molecule has 1 fully saturated rings. The van der Waals surface area contributed by atoms with Crippen LogP contribution < -0.4 is 20.7 Å². The number of hydrogen-bond acceptors (Lipinski definition) is 4. The minimum atomic E-state index is 0.00515. The lowest BCUT2D eigenvalue weighted by Crippen LogP contribution is -2.35. The highest BCUT2D eigenvalue weighted by Gasteiger charge is 2.19. The number of nitrogens with two attached hydrogens (primary N) is 1. The van der Waals surface area contributed by atoms with Crippen LogP contribution in [0, 0.1) is 5.41 Å². The summed E-state index contributed by atoms with van der Waals surface area (Å²) in [6.07, 6.45) is 4.62. The Kier molecular flexibility index (Phi) is 7.11. The van der Waals surface area contributed by atoms with E-state index in [0.29, 0.717) is 18.5 Å². The van der Waals surface area contributed by atoms with Crippen LogP contribution in [0.25, 0.3) is 0 Å². The van der Waals surface area contributed by atoms with Crippen molar-refractivity contribution in [3.05, 3.63) is 54.1 Å². The molecule has 1 amide bonds. The predicted octanol–water partition coefficient (Wildman–Crippen LogP) is 4.15. The van der Waals surface area contributed by atoms with E-state index in [1.807, 2.05) is 41.3 Å². The van der Waals surface area contributed by atoms with Crippen LogP contribution in [0.2, 0.25) is 0 Å². The molecule has 1 atom stereocenters. The first-order valence-corrected chi connectivity index (χ1v) is 10.3. The highest BCUT2D eigenvalue weighted by Crippen LogP contribution is 2.23. The van der Waals surface area contributed by atoms with E-state index in [2.05, 4.69) is 12.2 Å². The molecule has 0 bridgehead atoms. The molecule has 1 aliphatic rings. The predicted molar refractivity (Wildman–Crippen MR) is 118 cm³/mol. The fourth-order valence-electron chi connectivity index (χ4n) is 3.52. The maximum Gasteiger partial charge on any atom is 0.226 e. The Morgan fingerprint density at radius 1 is 1.24 bits per heavy atom. The number of amides is 1. The number of nitrogens with one attached hydrogen (secondary N) is 2. The van der Waals surface area contributed by atoms with Crippen molar-refractivity contribution in [3.63, 3.8) is 0 Å². The molecule has 6 nitrogen and oxygen atoms in total. The van der Waals surface area contributed by atoms with Gasteiger partial charge in [-0.15, -0.1) is 0 Å². The summed E-state index contributed by atoms with van der Waals surface area (Å²) in [6.45, 7) is 3.60. The van der Waals surface area contributed by atoms with Crippen LogP contribution in [-0.4, -0.2) is 30.9 Å². The molecule has 154 valence electrons. The number of amidine groups is 1. The number of piperidine rings is 1. The zero-order valence-electron chi connectivity index (χ0n) is 17.0. The summed E-state index contributed by atoms with van der Waals surface area (Å²) in [5.41, 5.74) is 8.19. The molecular weight excluding hydrogens is 364 g/mol. The lowest BCUT2D eigenvalue weighted by Gasteiger charge is -2.27. The molecule has 0 aromatic heterocycles. The number of benzene rings is 2. The van der Waals surface area contributed by atoms with Gasteiger partial charge in [0.25, 0.3) is 0 Å². The number of carbonyl (C=O) groups is 1. The van der Waals surface area contributed by atoms with Crippen molar-refractivity contribution >= 4 is 23.1 Å². The number of hydrogen-bond donors (Lipinski definition) is 3. The van der Waals surface area contributed by atoms with E-state index in [9.17, 15) is 4.79 Å². The average molecular weight is 395 g/mol. The van der Waals surface area contributed by atoms with Crippen molar-refractivity contribution in [2.24, 2.45) is 5.73 Å². The summed E-state index contributed by atoms with van der Waals surface area (Å²) in [4.78, 5) is 14.0. The Labute approximate surface area is 172 Å². The first kappa shape index (κ1) is 20.7. The van der Waals surface area contributed by atoms with E-state index < -0.39 is 0 Å². The van der Waals surface area contributed by atoms with Gasteiger partial charge in [-0.2, -0.15) is 0 Å². The molecule has 29 heavy (non-hydrogen) atoms. The molecule has 0 aliphatic carbocycles. The summed E-state index contributed by atoms with van der Waals surface area (Å²) >= 11 is 0. The highest BCUT2D eigenvalue weighted by molar-refractivity contribution is 5.95. The number of anilines is 2. The van der Waals surface area contributed by atoms with Gasteiger partial charge < -0.3 is 20.7 Å². The number of rotatable bonds is 9. The van der Waals surface area contributed by atoms with Crippen LogP contribution in [0.3, 0.4) is 0 Å². The quantitative estimate of drug-likeness (QED) is 0.440. The summed E-state index contributed by atoms with van der Waals surface area (Å²) in [5, 5.41) is 11.0. The first-order chi connectivity index (χ1) is 14.1. The number of carbonyl (C=O) groups excluding carboxylic acids is 1. The molecule has 1 unspecified atom stereocenters. The molecule has 1 saturated heterocycles. The molecule has 2 aromatic rings. The second kappa shape index (κ2) is 9.96. The molecule has 0 radical (unpaired) electrons. The molecule has 2 aromatic carbocycles. The van der Waals surface area contributed by atoms with Gasteiger partial charge in [0.1, 0.15) is 17.7 Å². The van der Waals surface area contributed by atoms with Crippen molar-refractivity contribution in [1.82, 2.24) is 0 Å². The van der Waals surface area contributed by atoms with Gasteiger partial charge in [0, 0.05) is 29.9 Å². The molecule has 0 saturated carbocycles. The minimum Gasteiger partial charge on any atom is -0.489 e. The Balaban J connectivity index is 1.59. The zero-order valence-corrected chi connectivity index (χ0v) is 17.0. The summed E-state index contributed by atoms with van der Waals surface area (Å²) in [5.74, 6) is 0.964. The smallest absolute Gasteiger partial charge is 0.226 e. The SMILES string of the molecule is CCCC(CNc1ccc(N2CCCCC2=O)cc1)Oc1cccc(C(=N)N)c1. The number of nitrogens with zero attached hydrogens (tertiary/aromatic N) is 1. The fourth-order valence-corrected chi connectivity index (χ4v) is 3.52. The van der Waals surface area contributed by atoms with Crippen LogP contribution in [0.15, 0.2) is 48.5 Å². The van der Waals surface area contributed by atoms with Crippen LogP contribution in [-0.2, 0) is 4.79 Å². The van der Waals surface area contributed by atoms with E-state index in [1.165, 1.54) is 0 Å². The Hall–Kier alpha value is -3.02. The van der Waals surface area contributed by atoms with Gasteiger partial charge in [-0.05, 0) is 55.7 Å². The standard InChI is InChI=1S/C23H30N4O2/c1-2-6-21(29-20-8-5-7-17(15-20)23(24)25)16-26-18-10-12-19(13-11-18)27-14-4-3-9-22(27)28/h5,7-8,10-13,15,21,26H,2-4,6,9,14,16H2,1H3,(H3,24,25). The van der Waals surface area contributed by atoms with Gasteiger partial charge in [0.05, 0.1) is 6.54 Å². The summed E-state index contributed by atoms with van der Waals surface area (Å²) < 4.78 is 6.13. The largest absolute Gasteiger partial charge is 0.489 e. The average Bonchev–Trinajstić information content (AvgIpc) is 2.73. The normalized spacial score (nSPS) is 15.1. The van der Waals surface area contributed by atoms with Gasteiger partial charge >= 0.3 is 0 Å². The molecule has 6 heteroatoms. The van der Waals surface area contributed by atoms with Crippen molar-refractivity contribution < 1.29 is 9.53 Å². The Bertz CT molecular complexity index is 835. The third kappa shape index (κ3) is 5.73. The molecule has 1 aliphatic heterocycles. The van der Waals surface area contributed by atoms with E-state index in [-0.39, 0.29) is 17.8 Å². The van der Waals surface area contributed by atoms with Crippen LogP contribution >= 0.6 is 0 Å². The van der Waals surface area contributed by atoms with Crippen LogP contribution in [0.1, 0.15) is 44.6 Å². The minimum absolute atomic E-state index is 0.00515. The van der Waals surface area contributed by atoms with E-state index in [4.69, 9.17) is 15.9 Å². The van der Waals surface area contributed by atoms with Gasteiger partial charge in [0.15, 0.2) is 0 Å². The van der Waals surface area contributed by atoms with Crippen molar-refractivity contribution in [2.45, 2.75) is 45.1 Å². The second-order valence-electron chi connectivity index (χ2n) is 7.40. The Morgan fingerprint density at radius 3 is 2.72 bits per heavy atom. The lowest BCUT2D eigenvalue weighted by molar-refractivity contribution is -0.119. The summed E-state index contributed by atoms with van der Waals surface area (Å²) in [6, 6.07) is 15.4. The molecule has 4 N–H and O–H groups in total. The Morgan fingerprint density at radius 2 is 2.03 bits per heavy atom. The fraction of sp³-hybridized carbons (Fsp3) is 0.391. The molecule has 3 rings (SSSR count). The van der Waals surface area contributed by atoms with Crippen molar-refractivity contribution in [3.8, 4) is 5.75 Å². The number of ether oxygens (including phenoxy) is 1. The van der Waals surface area contributed by atoms with Crippen molar-refractivity contribution in [2.75, 3.05) is 23.3 Å².